The minimum absolute atomic E-state index is 0.164. The number of nitrogens with zero attached hydrogens (tertiary/aromatic N) is 1. The third kappa shape index (κ3) is 3.15. The lowest BCUT2D eigenvalue weighted by Gasteiger charge is -2.05. The van der Waals surface area contributed by atoms with Gasteiger partial charge in [-0.3, -0.25) is 4.79 Å². The minimum Gasteiger partial charge on any atom is -0.326 e. The molecule has 2 aromatic rings. The van der Waals surface area contributed by atoms with Crippen LogP contribution in [0.25, 0.3) is 0 Å². The summed E-state index contributed by atoms with van der Waals surface area (Å²) in [5.74, 6) is -0.164. The Balaban J connectivity index is 2.09. The number of aromatic nitrogens is 1. The first-order valence-corrected chi connectivity index (χ1v) is 6.20. The van der Waals surface area contributed by atoms with Crippen molar-refractivity contribution in [3.8, 4) is 0 Å². The first kappa shape index (κ1) is 12.7. The van der Waals surface area contributed by atoms with Gasteiger partial charge in [0.25, 0.3) is 5.91 Å². The number of hydrogen-bond acceptors (Lipinski definition) is 3. The molecule has 92 valence electrons. The Bertz CT molecular complexity index is 537. The summed E-state index contributed by atoms with van der Waals surface area (Å²) in [5.41, 5.74) is 7.75. The van der Waals surface area contributed by atoms with E-state index in [-0.39, 0.29) is 5.91 Å². The zero-order valence-corrected chi connectivity index (χ0v) is 11.1. The molecule has 0 fully saturated rings. The quantitative estimate of drug-likeness (QED) is 0.856. The van der Waals surface area contributed by atoms with Crippen molar-refractivity contribution >= 4 is 27.5 Å². The summed E-state index contributed by atoms with van der Waals surface area (Å²) < 4.78 is 0.729. The van der Waals surface area contributed by atoms with Gasteiger partial charge in [-0.15, -0.1) is 0 Å². The molecule has 0 atom stereocenters. The van der Waals surface area contributed by atoms with E-state index >= 15 is 0 Å². The maximum absolute atomic E-state index is 11.9. The highest BCUT2D eigenvalue weighted by Crippen LogP contribution is 2.12. The van der Waals surface area contributed by atoms with E-state index in [9.17, 15) is 4.79 Å². The molecular formula is C13H12BrN3O. The van der Waals surface area contributed by atoms with Gasteiger partial charge in [-0.25, -0.2) is 4.98 Å². The van der Waals surface area contributed by atoms with E-state index in [1.54, 1.807) is 30.5 Å². The summed E-state index contributed by atoms with van der Waals surface area (Å²) in [4.78, 5) is 16.0. The summed E-state index contributed by atoms with van der Waals surface area (Å²) in [5, 5.41) is 2.77. The Labute approximate surface area is 113 Å². The number of amides is 1. The van der Waals surface area contributed by atoms with Crippen LogP contribution in [0.4, 0.5) is 5.69 Å². The molecule has 1 amide bonds. The molecule has 3 N–H and O–H groups in total. The number of hydrogen-bond donors (Lipinski definition) is 2. The second-order valence-electron chi connectivity index (χ2n) is 3.72. The fourth-order valence-corrected chi connectivity index (χ4v) is 1.68. The van der Waals surface area contributed by atoms with Crippen molar-refractivity contribution in [2.24, 2.45) is 5.73 Å². The standard InChI is InChI=1S/C13H12BrN3O/c14-12-6-5-11(8-16-12)17-13(18)10-3-1-9(7-15)2-4-10/h1-6,8H,7,15H2,(H,17,18). The molecule has 0 saturated heterocycles. The predicted molar refractivity (Wildman–Crippen MR) is 74.2 cm³/mol. The van der Waals surface area contributed by atoms with Crippen molar-refractivity contribution in [2.45, 2.75) is 6.54 Å². The van der Waals surface area contributed by atoms with Crippen LogP contribution in [0, 0.1) is 0 Å². The third-order valence-electron chi connectivity index (χ3n) is 2.44. The number of halogens is 1. The van der Waals surface area contributed by atoms with E-state index < -0.39 is 0 Å². The highest BCUT2D eigenvalue weighted by molar-refractivity contribution is 9.10. The van der Waals surface area contributed by atoms with E-state index in [1.165, 1.54) is 0 Å². The van der Waals surface area contributed by atoms with Gasteiger partial charge in [0.15, 0.2) is 0 Å². The molecule has 1 aromatic carbocycles. The first-order chi connectivity index (χ1) is 8.69. The van der Waals surface area contributed by atoms with Gasteiger partial charge in [-0.05, 0) is 45.8 Å². The summed E-state index contributed by atoms with van der Waals surface area (Å²) in [6, 6.07) is 10.7. The van der Waals surface area contributed by atoms with Crippen molar-refractivity contribution < 1.29 is 4.79 Å². The number of nitrogens with one attached hydrogen (secondary N) is 1. The molecule has 0 unspecified atom stereocenters. The molecule has 5 heteroatoms. The van der Waals surface area contributed by atoms with E-state index in [4.69, 9.17) is 5.73 Å². The molecule has 0 saturated carbocycles. The summed E-state index contributed by atoms with van der Waals surface area (Å²) in [7, 11) is 0. The number of anilines is 1. The van der Waals surface area contributed by atoms with Gasteiger partial charge in [0.2, 0.25) is 0 Å². The number of carbonyl (C=O) groups excluding carboxylic acids is 1. The lowest BCUT2D eigenvalue weighted by atomic mass is 10.1. The molecule has 0 bridgehead atoms. The lowest BCUT2D eigenvalue weighted by Crippen LogP contribution is -2.12. The number of nitrogens with two attached hydrogens (primary N) is 1. The lowest BCUT2D eigenvalue weighted by molar-refractivity contribution is 0.102. The zero-order chi connectivity index (χ0) is 13.0. The third-order valence-corrected chi connectivity index (χ3v) is 2.91. The summed E-state index contributed by atoms with van der Waals surface area (Å²) in [6.45, 7) is 0.471. The Morgan fingerprint density at radius 1 is 1.22 bits per heavy atom. The normalized spacial score (nSPS) is 10.1. The fourth-order valence-electron chi connectivity index (χ4n) is 1.45. The second-order valence-corrected chi connectivity index (χ2v) is 4.54. The van der Waals surface area contributed by atoms with Crippen LogP contribution in [0.1, 0.15) is 15.9 Å². The maximum atomic E-state index is 11.9. The molecule has 4 nitrogen and oxygen atoms in total. The van der Waals surface area contributed by atoms with Crippen LogP contribution in [0.3, 0.4) is 0 Å². The van der Waals surface area contributed by atoms with Gasteiger partial charge in [-0.1, -0.05) is 12.1 Å². The van der Waals surface area contributed by atoms with Crippen LogP contribution >= 0.6 is 15.9 Å². The van der Waals surface area contributed by atoms with Gasteiger partial charge in [0.05, 0.1) is 11.9 Å². The van der Waals surface area contributed by atoms with Gasteiger partial charge >= 0.3 is 0 Å². The second kappa shape index (κ2) is 5.75. The minimum atomic E-state index is -0.164. The van der Waals surface area contributed by atoms with Crippen LogP contribution in [-0.2, 0) is 6.54 Å². The van der Waals surface area contributed by atoms with Crippen molar-refractivity contribution in [1.82, 2.24) is 4.98 Å². The topological polar surface area (TPSA) is 68.0 Å². The zero-order valence-electron chi connectivity index (χ0n) is 9.56. The Morgan fingerprint density at radius 3 is 2.50 bits per heavy atom. The molecule has 0 spiro atoms. The van der Waals surface area contributed by atoms with Crippen molar-refractivity contribution in [3.63, 3.8) is 0 Å². The highest BCUT2D eigenvalue weighted by Gasteiger charge is 2.05. The van der Waals surface area contributed by atoms with Gasteiger partial charge in [0, 0.05) is 12.1 Å². The summed E-state index contributed by atoms with van der Waals surface area (Å²) >= 11 is 3.24. The van der Waals surface area contributed by atoms with Crippen LogP contribution in [0.15, 0.2) is 47.2 Å². The van der Waals surface area contributed by atoms with Crippen LogP contribution in [-0.4, -0.2) is 10.9 Å². The first-order valence-electron chi connectivity index (χ1n) is 5.41. The monoisotopic (exact) mass is 305 g/mol. The van der Waals surface area contributed by atoms with Crippen LogP contribution < -0.4 is 11.1 Å². The molecule has 18 heavy (non-hydrogen) atoms. The fraction of sp³-hybridized carbons (Fsp3) is 0.0769. The molecule has 0 aliphatic carbocycles. The van der Waals surface area contributed by atoms with E-state index in [2.05, 4.69) is 26.2 Å². The maximum Gasteiger partial charge on any atom is 0.255 e. The molecular weight excluding hydrogens is 294 g/mol. The van der Waals surface area contributed by atoms with Gasteiger partial charge in [-0.2, -0.15) is 0 Å². The van der Waals surface area contributed by atoms with Gasteiger partial charge < -0.3 is 11.1 Å². The highest BCUT2D eigenvalue weighted by atomic mass is 79.9. The summed E-state index contributed by atoms with van der Waals surface area (Å²) in [6.07, 6.45) is 1.59. The largest absolute Gasteiger partial charge is 0.326 e. The smallest absolute Gasteiger partial charge is 0.255 e. The van der Waals surface area contributed by atoms with E-state index in [0.29, 0.717) is 17.8 Å². The van der Waals surface area contributed by atoms with Crippen LogP contribution in [0.5, 0.6) is 0 Å². The Morgan fingerprint density at radius 2 is 1.94 bits per heavy atom. The Kier molecular flexibility index (Phi) is 4.07. The molecule has 1 aromatic heterocycles. The Hall–Kier alpha value is -1.72. The van der Waals surface area contributed by atoms with E-state index in [1.807, 2.05) is 12.1 Å². The SMILES string of the molecule is NCc1ccc(C(=O)Nc2ccc(Br)nc2)cc1. The number of carbonyl (C=O) groups is 1. The average molecular weight is 306 g/mol. The number of rotatable bonds is 3. The number of pyridine rings is 1. The molecule has 0 aliphatic heterocycles. The predicted octanol–water partition coefficient (Wildman–Crippen LogP) is 2.56. The van der Waals surface area contributed by atoms with Crippen molar-refractivity contribution in [1.29, 1.82) is 0 Å². The molecule has 0 aliphatic rings. The van der Waals surface area contributed by atoms with E-state index in [0.717, 1.165) is 10.2 Å². The average Bonchev–Trinajstić information content (AvgIpc) is 2.41. The van der Waals surface area contributed by atoms with Gasteiger partial charge in [0.1, 0.15) is 4.60 Å². The number of benzene rings is 1. The van der Waals surface area contributed by atoms with Crippen molar-refractivity contribution in [2.75, 3.05) is 5.32 Å². The molecule has 0 radical (unpaired) electrons. The van der Waals surface area contributed by atoms with Crippen LogP contribution in [0.2, 0.25) is 0 Å². The van der Waals surface area contributed by atoms with Crippen molar-refractivity contribution in [3.05, 3.63) is 58.3 Å². The molecule has 2 rings (SSSR count). The molecule has 1 heterocycles.